The Morgan fingerprint density at radius 1 is 1.11 bits per heavy atom. The lowest BCUT2D eigenvalue weighted by molar-refractivity contribution is -0.134. The van der Waals surface area contributed by atoms with Crippen LogP contribution in [0.15, 0.2) is 48.7 Å². The standard InChI is InChI=1S/C28H29N5O3/c1-2-36-28(35)26-22-17-32(15-13-24(22)33(31-26)16-18-8-5-6-14-29-18)27(34)21-11-7-10-20-19-9-3-4-12-23(19)30-25(20)21/h3-6,8-9,12,14,21,30H,2,7,10-11,13,15-17H2,1H3. The second-order valence-corrected chi connectivity index (χ2v) is 9.49. The zero-order valence-electron chi connectivity index (χ0n) is 20.4. The zero-order valence-corrected chi connectivity index (χ0v) is 20.4. The Morgan fingerprint density at radius 2 is 1.97 bits per heavy atom. The lowest BCUT2D eigenvalue weighted by Crippen LogP contribution is -2.40. The van der Waals surface area contributed by atoms with Gasteiger partial charge in [0, 0.05) is 53.6 Å². The monoisotopic (exact) mass is 483 g/mol. The molecule has 0 spiro atoms. The average Bonchev–Trinajstić information content (AvgIpc) is 3.47. The van der Waals surface area contributed by atoms with Crippen molar-refractivity contribution in [2.75, 3.05) is 13.2 Å². The molecule has 0 bridgehead atoms. The molecule has 184 valence electrons. The van der Waals surface area contributed by atoms with Crippen LogP contribution in [0.5, 0.6) is 0 Å². The van der Waals surface area contributed by atoms with Gasteiger partial charge in [0.1, 0.15) is 0 Å². The third-order valence-electron chi connectivity index (χ3n) is 7.37. The molecule has 4 heterocycles. The van der Waals surface area contributed by atoms with Crippen molar-refractivity contribution in [2.45, 2.75) is 51.6 Å². The third-order valence-corrected chi connectivity index (χ3v) is 7.37. The number of aromatic nitrogens is 4. The van der Waals surface area contributed by atoms with Crippen molar-refractivity contribution in [1.29, 1.82) is 0 Å². The summed E-state index contributed by atoms with van der Waals surface area (Å²) < 4.78 is 7.16. The SMILES string of the molecule is CCOC(=O)c1nn(Cc2ccccn2)c2c1CN(C(=O)C1CCCc3c1[nH]c1ccccc31)CC2. The van der Waals surface area contributed by atoms with Crippen LogP contribution in [0.2, 0.25) is 0 Å². The summed E-state index contributed by atoms with van der Waals surface area (Å²) in [5.41, 5.74) is 6.33. The zero-order chi connectivity index (χ0) is 24.6. The summed E-state index contributed by atoms with van der Waals surface area (Å²) in [6, 6.07) is 14.0. The number of carbonyl (C=O) groups excluding carboxylic acids is 2. The Bertz CT molecular complexity index is 1440. The molecule has 2 aliphatic rings. The number of H-pyrrole nitrogens is 1. The predicted molar refractivity (Wildman–Crippen MR) is 135 cm³/mol. The molecular formula is C28H29N5O3. The van der Waals surface area contributed by atoms with E-state index in [9.17, 15) is 9.59 Å². The maximum atomic E-state index is 13.9. The van der Waals surface area contributed by atoms with Crippen LogP contribution in [0.3, 0.4) is 0 Å². The molecule has 1 N–H and O–H groups in total. The third kappa shape index (κ3) is 3.86. The van der Waals surface area contributed by atoms with E-state index in [0.717, 1.165) is 47.4 Å². The molecule has 36 heavy (non-hydrogen) atoms. The fraction of sp³-hybridized carbons (Fsp3) is 0.357. The molecule has 1 unspecified atom stereocenters. The minimum absolute atomic E-state index is 0.112. The maximum absolute atomic E-state index is 13.9. The van der Waals surface area contributed by atoms with Gasteiger partial charge in [-0.2, -0.15) is 5.10 Å². The van der Waals surface area contributed by atoms with Crippen LogP contribution in [-0.4, -0.2) is 49.7 Å². The number of hydrogen-bond acceptors (Lipinski definition) is 5. The van der Waals surface area contributed by atoms with Crippen molar-refractivity contribution in [3.63, 3.8) is 0 Å². The van der Waals surface area contributed by atoms with Crippen molar-refractivity contribution in [2.24, 2.45) is 0 Å². The Labute approximate surface area is 209 Å². The predicted octanol–water partition coefficient (Wildman–Crippen LogP) is 3.99. The number of rotatable bonds is 5. The van der Waals surface area contributed by atoms with Crippen molar-refractivity contribution in [1.82, 2.24) is 24.6 Å². The van der Waals surface area contributed by atoms with Gasteiger partial charge in [-0.1, -0.05) is 24.3 Å². The summed E-state index contributed by atoms with van der Waals surface area (Å²) in [6.45, 7) is 3.48. The van der Waals surface area contributed by atoms with E-state index in [4.69, 9.17) is 4.74 Å². The van der Waals surface area contributed by atoms with Gasteiger partial charge in [-0.3, -0.25) is 14.5 Å². The molecule has 1 aliphatic carbocycles. The van der Waals surface area contributed by atoms with E-state index in [1.165, 1.54) is 10.9 Å². The van der Waals surface area contributed by atoms with Crippen LogP contribution in [-0.2, 0) is 35.5 Å². The van der Waals surface area contributed by atoms with Crippen molar-refractivity contribution < 1.29 is 14.3 Å². The van der Waals surface area contributed by atoms with Crippen LogP contribution in [0.1, 0.15) is 64.4 Å². The van der Waals surface area contributed by atoms with E-state index >= 15 is 0 Å². The van der Waals surface area contributed by atoms with Crippen molar-refractivity contribution in [3.8, 4) is 0 Å². The quantitative estimate of drug-likeness (QED) is 0.433. The molecular weight excluding hydrogens is 454 g/mol. The van der Waals surface area contributed by atoms with Gasteiger partial charge >= 0.3 is 5.97 Å². The van der Waals surface area contributed by atoms with Gasteiger partial charge in [0.05, 0.1) is 24.8 Å². The van der Waals surface area contributed by atoms with E-state index < -0.39 is 5.97 Å². The fourth-order valence-corrected chi connectivity index (χ4v) is 5.70. The Balaban J connectivity index is 1.31. The summed E-state index contributed by atoms with van der Waals surface area (Å²) in [6.07, 6.45) is 5.18. The number of hydrogen-bond donors (Lipinski definition) is 1. The minimum Gasteiger partial charge on any atom is -0.461 e. The van der Waals surface area contributed by atoms with Gasteiger partial charge in [-0.05, 0) is 49.9 Å². The van der Waals surface area contributed by atoms with Crippen LogP contribution < -0.4 is 0 Å². The van der Waals surface area contributed by atoms with Gasteiger partial charge in [0.25, 0.3) is 0 Å². The smallest absolute Gasteiger partial charge is 0.359 e. The lowest BCUT2D eigenvalue weighted by atomic mass is 9.85. The van der Waals surface area contributed by atoms with Crippen LogP contribution >= 0.6 is 0 Å². The number of para-hydroxylation sites is 1. The highest BCUT2D eigenvalue weighted by molar-refractivity contribution is 5.92. The second-order valence-electron chi connectivity index (χ2n) is 9.49. The summed E-state index contributed by atoms with van der Waals surface area (Å²) in [5.74, 6) is -0.531. The Hall–Kier alpha value is -3.94. The molecule has 0 radical (unpaired) electrons. The normalized spacial score (nSPS) is 17.0. The van der Waals surface area contributed by atoms with E-state index in [0.29, 0.717) is 31.7 Å². The van der Waals surface area contributed by atoms with E-state index in [-0.39, 0.29) is 18.4 Å². The number of aryl methyl sites for hydroxylation is 1. The topological polar surface area (TPSA) is 93.1 Å². The van der Waals surface area contributed by atoms with E-state index in [1.54, 1.807) is 13.1 Å². The number of amides is 1. The number of fused-ring (bicyclic) bond motifs is 4. The van der Waals surface area contributed by atoms with Crippen molar-refractivity contribution in [3.05, 3.63) is 82.6 Å². The van der Waals surface area contributed by atoms with Crippen LogP contribution in [0.25, 0.3) is 10.9 Å². The summed E-state index contributed by atoms with van der Waals surface area (Å²) in [5, 5.41) is 5.85. The molecule has 6 rings (SSSR count). The van der Waals surface area contributed by atoms with Gasteiger partial charge in [0.2, 0.25) is 5.91 Å². The molecule has 0 fully saturated rings. The number of ether oxygens (including phenoxy) is 1. The molecule has 1 atom stereocenters. The number of pyridine rings is 1. The molecule has 1 aromatic carbocycles. The highest BCUT2D eigenvalue weighted by Crippen LogP contribution is 2.38. The first kappa shape index (κ1) is 22.5. The molecule has 3 aromatic heterocycles. The van der Waals surface area contributed by atoms with E-state index in [2.05, 4.69) is 27.2 Å². The molecule has 1 aliphatic heterocycles. The van der Waals surface area contributed by atoms with Gasteiger partial charge in [0.15, 0.2) is 5.69 Å². The number of carbonyl (C=O) groups is 2. The van der Waals surface area contributed by atoms with E-state index in [1.807, 2.05) is 39.9 Å². The molecule has 1 amide bonds. The van der Waals surface area contributed by atoms with Gasteiger partial charge in [-0.15, -0.1) is 0 Å². The molecule has 0 saturated heterocycles. The van der Waals surface area contributed by atoms with Crippen LogP contribution in [0, 0.1) is 0 Å². The molecule has 8 nitrogen and oxygen atoms in total. The lowest BCUT2D eigenvalue weighted by Gasteiger charge is -2.32. The fourth-order valence-electron chi connectivity index (χ4n) is 5.70. The van der Waals surface area contributed by atoms with Gasteiger partial charge < -0.3 is 14.6 Å². The van der Waals surface area contributed by atoms with Gasteiger partial charge in [-0.25, -0.2) is 4.79 Å². The molecule has 8 heteroatoms. The second kappa shape index (κ2) is 9.26. The van der Waals surface area contributed by atoms with Crippen molar-refractivity contribution >= 4 is 22.8 Å². The first-order chi connectivity index (χ1) is 17.6. The average molecular weight is 484 g/mol. The highest BCUT2D eigenvalue weighted by atomic mass is 16.5. The highest BCUT2D eigenvalue weighted by Gasteiger charge is 2.36. The number of esters is 1. The summed E-state index contributed by atoms with van der Waals surface area (Å²) in [7, 11) is 0. The summed E-state index contributed by atoms with van der Waals surface area (Å²) in [4.78, 5) is 36.5. The Morgan fingerprint density at radius 3 is 2.81 bits per heavy atom. The molecule has 4 aromatic rings. The number of nitrogens with zero attached hydrogens (tertiary/aromatic N) is 4. The maximum Gasteiger partial charge on any atom is 0.359 e. The number of aromatic amines is 1. The number of nitrogens with one attached hydrogen (secondary N) is 1. The number of benzene rings is 1. The summed E-state index contributed by atoms with van der Waals surface area (Å²) >= 11 is 0. The van der Waals surface area contributed by atoms with Crippen LogP contribution in [0.4, 0.5) is 0 Å². The first-order valence-electron chi connectivity index (χ1n) is 12.7. The largest absolute Gasteiger partial charge is 0.461 e. The minimum atomic E-state index is -0.446. The Kier molecular flexibility index (Phi) is 5.79. The molecule has 0 saturated carbocycles. The first-order valence-corrected chi connectivity index (χ1v) is 12.7.